The van der Waals surface area contributed by atoms with E-state index in [1.165, 1.54) is 38.5 Å². The van der Waals surface area contributed by atoms with E-state index in [0.29, 0.717) is 16.6 Å². The van der Waals surface area contributed by atoms with Crippen molar-refractivity contribution in [3.05, 3.63) is 53.2 Å². The second kappa shape index (κ2) is 8.91. The summed E-state index contributed by atoms with van der Waals surface area (Å²) in [7, 11) is 0.0459. The number of esters is 2. The Morgan fingerprint density at radius 2 is 1.75 bits per heavy atom. The maximum atomic E-state index is 13.4. The largest absolute Gasteiger partial charge is 0.495 e. The van der Waals surface area contributed by atoms with E-state index in [0.717, 1.165) is 0 Å². The number of anilines is 1. The molecule has 2 aromatic carbocycles. The summed E-state index contributed by atoms with van der Waals surface area (Å²) in [6.45, 7) is 3.59. The Kier molecular flexibility index (Phi) is 6.45. The lowest BCUT2D eigenvalue weighted by Crippen LogP contribution is -2.18. The summed E-state index contributed by atoms with van der Waals surface area (Å²) < 4.78 is 46.3. The molecule has 0 unspecified atom stereocenters. The van der Waals surface area contributed by atoms with E-state index in [2.05, 4.69) is 4.72 Å². The number of aromatic nitrogens is 1. The lowest BCUT2D eigenvalue weighted by atomic mass is 10.1. The number of carbonyl (C=O) groups is 2. The van der Waals surface area contributed by atoms with Crippen LogP contribution in [0.4, 0.5) is 5.69 Å². The molecule has 0 aliphatic carbocycles. The van der Waals surface area contributed by atoms with Gasteiger partial charge in [0.1, 0.15) is 16.3 Å². The average molecular weight is 461 g/mol. The van der Waals surface area contributed by atoms with Gasteiger partial charge < -0.3 is 18.8 Å². The van der Waals surface area contributed by atoms with Crippen LogP contribution in [0.5, 0.6) is 5.75 Å². The summed E-state index contributed by atoms with van der Waals surface area (Å²) in [5.41, 5.74) is 1.37. The first-order valence-electron chi connectivity index (χ1n) is 9.71. The van der Waals surface area contributed by atoms with Crippen LogP contribution in [0.1, 0.15) is 33.3 Å². The fraction of sp³-hybridized carbons (Fsp3) is 0.273. The van der Waals surface area contributed by atoms with Crippen LogP contribution < -0.4 is 9.46 Å². The number of carbonyl (C=O) groups excluding carboxylic acids is 2. The first-order valence-corrected chi connectivity index (χ1v) is 11.2. The molecular formula is C22H24N2O7S. The number of aryl methyl sites for hydroxylation is 1. The van der Waals surface area contributed by atoms with Crippen molar-refractivity contribution in [3.63, 3.8) is 0 Å². The standard InChI is InChI=1S/C22H24N2O7S/c1-6-31-22(26)18-13(2)24(3)15-11-12-16(29-4)20(19(15)18)23-32(27,28)17-10-8-7-9-14(17)21(25)30-5/h7-12,23H,6H2,1-5H3. The van der Waals surface area contributed by atoms with E-state index in [9.17, 15) is 18.0 Å². The maximum absolute atomic E-state index is 13.4. The number of methoxy groups -OCH3 is 2. The van der Waals surface area contributed by atoms with Crippen LogP contribution in [0.25, 0.3) is 10.9 Å². The van der Waals surface area contributed by atoms with Crippen molar-refractivity contribution < 1.29 is 32.2 Å². The molecule has 0 saturated heterocycles. The molecule has 3 aromatic rings. The van der Waals surface area contributed by atoms with Gasteiger partial charge in [0.15, 0.2) is 0 Å². The van der Waals surface area contributed by atoms with Crippen LogP contribution >= 0.6 is 0 Å². The number of benzene rings is 2. The van der Waals surface area contributed by atoms with Crippen LogP contribution in [-0.2, 0) is 26.5 Å². The number of ether oxygens (including phenoxy) is 3. The number of sulfonamides is 1. The number of rotatable bonds is 7. The number of nitrogens with zero attached hydrogens (tertiary/aromatic N) is 1. The lowest BCUT2D eigenvalue weighted by Gasteiger charge is -2.15. The Labute approximate surface area is 185 Å². The van der Waals surface area contributed by atoms with Crippen molar-refractivity contribution >= 4 is 38.6 Å². The molecule has 1 heterocycles. The van der Waals surface area contributed by atoms with Crippen molar-refractivity contribution in [2.45, 2.75) is 18.7 Å². The summed E-state index contributed by atoms with van der Waals surface area (Å²) >= 11 is 0. The molecule has 0 bridgehead atoms. The highest BCUT2D eigenvalue weighted by Crippen LogP contribution is 2.39. The zero-order valence-corrected chi connectivity index (χ0v) is 19.2. The van der Waals surface area contributed by atoms with E-state index in [-0.39, 0.29) is 34.1 Å². The molecule has 0 saturated carbocycles. The summed E-state index contributed by atoms with van der Waals surface area (Å²) in [5.74, 6) is -1.18. The Bertz CT molecular complexity index is 1310. The first kappa shape index (κ1) is 23.1. The number of nitrogens with one attached hydrogen (secondary N) is 1. The zero-order valence-electron chi connectivity index (χ0n) is 18.4. The third-order valence-corrected chi connectivity index (χ3v) is 6.55. The molecule has 32 heavy (non-hydrogen) atoms. The van der Waals surface area contributed by atoms with Crippen molar-refractivity contribution in [1.82, 2.24) is 4.57 Å². The van der Waals surface area contributed by atoms with Crippen LogP contribution in [0.15, 0.2) is 41.3 Å². The zero-order chi connectivity index (χ0) is 23.6. The second-order valence-electron chi connectivity index (χ2n) is 6.87. The third-order valence-electron chi connectivity index (χ3n) is 5.14. The van der Waals surface area contributed by atoms with E-state index in [1.807, 2.05) is 0 Å². The van der Waals surface area contributed by atoms with Gasteiger partial charge in [-0.15, -0.1) is 0 Å². The highest BCUT2D eigenvalue weighted by Gasteiger charge is 2.29. The molecule has 1 N–H and O–H groups in total. The molecule has 9 nitrogen and oxygen atoms in total. The van der Waals surface area contributed by atoms with Gasteiger partial charge >= 0.3 is 11.9 Å². The van der Waals surface area contributed by atoms with E-state index in [4.69, 9.17) is 14.2 Å². The quantitative estimate of drug-likeness (QED) is 0.539. The van der Waals surface area contributed by atoms with Crippen molar-refractivity contribution in [1.29, 1.82) is 0 Å². The monoisotopic (exact) mass is 460 g/mol. The summed E-state index contributed by atoms with van der Waals surface area (Å²) in [5, 5.41) is 0.335. The van der Waals surface area contributed by atoms with E-state index >= 15 is 0 Å². The van der Waals surface area contributed by atoms with Crippen molar-refractivity contribution in [2.75, 3.05) is 25.5 Å². The van der Waals surface area contributed by atoms with Gasteiger partial charge in [-0.25, -0.2) is 18.0 Å². The van der Waals surface area contributed by atoms with E-state index in [1.54, 1.807) is 37.6 Å². The minimum Gasteiger partial charge on any atom is -0.495 e. The van der Waals surface area contributed by atoms with Gasteiger partial charge in [0.2, 0.25) is 0 Å². The Hall–Kier alpha value is -3.53. The average Bonchev–Trinajstić information content (AvgIpc) is 3.04. The highest BCUT2D eigenvalue weighted by atomic mass is 32.2. The minimum absolute atomic E-state index is 0.0661. The number of hydrogen-bond donors (Lipinski definition) is 1. The molecule has 0 spiro atoms. The summed E-state index contributed by atoms with van der Waals surface area (Å²) in [4.78, 5) is 24.6. The molecule has 0 amide bonds. The van der Waals surface area contributed by atoms with Crippen molar-refractivity contribution in [3.8, 4) is 5.75 Å². The Morgan fingerprint density at radius 3 is 2.38 bits per heavy atom. The summed E-state index contributed by atoms with van der Waals surface area (Å²) in [6, 6.07) is 9.00. The fourth-order valence-corrected chi connectivity index (χ4v) is 4.81. The highest BCUT2D eigenvalue weighted by molar-refractivity contribution is 7.92. The summed E-state index contributed by atoms with van der Waals surface area (Å²) in [6.07, 6.45) is 0. The molecule has 0 atom stereocenters. The van der Waals surface area contributed by atoms with Gasteiger partial charge in [-0.05, 0) is 38.1 Å². The first-order chi connectivity index (χ1) is 15.2. The smallest absolute Gasteiger partial charge is 0.340 e. The number of fused-ring (bicyclic) bond motifs is 1. The molecule has 1 aromatic heterocycles. The molecule has 10 heteroatoms. The predicted octanol–water partition coefficient (Wildman–Crippen LogP) is 3.26. The van der Waals surface area contributed by atoms with Gasteiger partial charge in [-0.3, -0.25) is 4.72 Å². The molecular weight excluding hydrogens is 436 g/mol. The molecule has 0 fully saturated rings. The van der Waals surface area contributed by atoms with Crippen LogP contribution in [0.3, 0.4) is 0 Å². The normalized spacial score (nSPS) is 11.3. The van der Waals surface area contributed by atoms with Crippen LogP contribution in [0.2, 0.25) is 0 Å². The molecule has 0 radical (unpaired) electrons. The number of hydrogen-bond acceptors (Lipinski definition) is 7. The third kappa shape index (κ3) is 3.89. The SMILES string of the molecule is CCOC(=O)c1c(C)n(C)c2ccc(OC)c(NS(=O)(=O)c3ccccc3C(=O)OC)c12. The Morgan fingerprint density at radius 1 is 1.06 bits per heavy atom. The lowest BCUT2D eigenvalue weighted by molar-refractivity contribution is 0.0526. The van der Waals surface area contributed by atoms with Gasteiger partial charge in [0.05, 0.1) is 37.5 Å². The topological polar surface area (TPSA) is 113 Å². The van der Waals surface area contributed by atoms with Crippen LogP contribution in [0, 0.1) is 6.92 Å². The molecule has 0 aliphatic heterocycles. The van der Waals surface area contributed by atoms with Crippen LogP contribution in [-0.4, -0.2) is 45.7 Å². The Balaban J connectivity index is 2.29. The van der Waals surface area contributed by atoms with Gasteiger partial charge in [0, 0.05) is 18.1 Å². The van der Waals surface area contributed by atoms with Gasteiger partial charge in [-0.1, -0.05) is 12.1 Å². The molecule has 3 rings (SSSR count). The van der Waals surface area contributed by atoms with Crippen molar-refractivity contribution in [2.24, 2.45) is 7.05 Å². The predicted molar refractivity (Wildman–Crippen MR) is 119 cm³/mol. The van der Waals surface area contributed by atoms with Gasteiger partial charge in [-0.2, -0.15) is 0 Å². The fourth-order valence-electron chi connectivity index (χ4n) is 3.53. The minimum atomic E-state index is -4.27. The van der Waals surface area contributed by atoms with E-state index < -0.39 is 22.0 Å². The molecule has 170 valence electrons. The van der Waals surface area contributed by atoms with Gasteiger partial charge in [0.25, 0.3) is 10.0 Å². The molecule has 0 aliphatic rings. The second-order valence-corrected chi connectivity index (χ2v) is 8.52. The maximum Gasteiger partial charge on any atom is 0.340 e.